The van der Waals surface area contributed by atoms with Gasteiger partial charge >= 0.3 is 0 Å². The molecule has 3 rings (SSSR count). The summed E-state index contributed by atoms with van der Waals surface area (Å²) < 4.78 is 19.0. The molecule has 0 aliphatic carbocycles. The smallest absolute Gasteiger partial charge is 0.271 e. The van der Waals surface area contributed by atoms with Crippen molar-refractivity contribution in [2.75, 3.05) is 11.9 Å². The standard InChI is InChI=1S/C22H18FN3O3/c23-19-11-4-5-12-20(19)25-21(27)15-29-18-10-6-7-16(13-18)14-24-26-22(28)17-8-2-1-3-9-17/h1-14H,15H2,(H,25,27)(H,26,28)/b24-14+. The predicted molar refractivity (Wildman–Crippen MR) is 108 cm³/mol. The number of halogens is 1. The number of rotatable bonds is 7. The van der Waals surface area contributed by atoms with Crippen molar-refractivity contribution in [2.45, 2.75) is 0 Å². The molecule has 0 radical (unpaired) electrons. The zero-order valence-electron chi connectivity index (χ0n) is 15.3. The van der Waals surface area contributed by atoms with Gasteiger partial charge in [-0.15, -0.1) is 0 Å². The Morgan fingerprint density at radius 3 is 2.52 bits per heavy atom. The second-order valence-corrected chi connectivity index (χ2v) is 5.95. The van der Waals surface area contributed by atoms with Crippen LogP contribution in [0.2, 0.25) is 0 Å². The van der Waals surface area contributed by atoms with Gasteiger partial charge in [-0.25, -0.2) is 9.82 Å². The lowest BCUT2D eigenvalue weighted by molar-refractivity contribution is -0.118. The van der Waals surface area contributed by atoms with Gasteiger partial charge in [0.1, 0.15) is 11.6 Å². The third-order valence-corrected chi connectivity index (χ3v) is 3.79. The van der Waals surface area contributed by atoms with Crippen LogP contribution in [-0.4, -0.2) is 24.6 Å². The number of nitrogens with zero attached hydrogens (tertiary/aromatic N) is 1. The van der Waals surface area contributed by atoms with E-state index < -0.39 is 11.7 Å². The van der Waals surface area contributed by atoms with E-state index in [2.05, 4.69) is 15.8 Å². The maximum absolute atomic E-state index is 13.5. The molecule has 2 N–H and O–H groups in total. The molecule has 6 nitrogen and oxygen atoms in total. The Morgan fingerprint density at radius 1 is 0.966 bits per heavy atom. The van der Waals surface area contributed by atoms with E-state index in [0.29, 0.717) is 16.9 Å². The number of hydrogen-bond acceptors (Lipinski definition) is 4. The summed E-state index contributed by atoms with van der Waals surface area (Å²) in [4.78, 5) is 23.9. The van der Waals surface area contributed by atoms with Gasteiger partial charge in [-0.3, -0.25) is 9.59 Å². The summed E-state index contributed by atoms with van der Waals surface area (Å²) in [5, 5.41) is 6.36. The maximum Gasteiger partial charge on any atom is 0.271 e. The lowest BCUT2D eigenvalue weighted by atomic mass is 10.2. The fraction of sp³-hybridized carbons (Fsp3) is 0.0455. The van der Waals surface area contributed by atoms with Crippen molar-refractivity contribution in [1.29, 1.82) is 0 Å². The molecule has 0 saturated heterocycles. The molecule has 3 aromatic carbocycles. The van der Waals surface area contributed by atoms with Crippen molar-refractivity contribution >= 4 is 23.7 Å². The van der Waals surface area contributed by atoms with Crippen molar-refractivity contribution in [3.05, 3.63) is 95.8 Å². The number of hydrazone groups is 1. The lowest BCUT2D eigenvalue weighted by Crippen LogP contribution is -2.20. The third-order valence-electron chi connectivity index (χ3n) is 3.79. The zero-order valence-corrected chi connectivity index (χ0v) is 15.3. The van der Waals surface area contributed by atoms with E-state index in [1.165, 1.54) is 24.4 Å². The van der Waals surface area contributed by atoms with Gasteiger partial charge in [0.05, 0.1) is 11.9 Å². The average Bonchev–Trinajstić information content (AvgIpc) is 2.75. The molecule has 7 heteroatoms. The molecule has 3 aromatic rings. The van der Waals surface area contributed by atoms with Crippen molar-refractivity contribution in [1.82, 2.24) is 5.43 Å². The molecular formula is C22H18FN3O3. The Balaban J connectivity index is 1.52. The van der Waals surface area contributed by atoms with Crippen molar-refractivity contribution in [2.24, 2.45) is 5.10 Å². The second kappa shape index (κ2) is 9.80. The first-order valence-corrected chi connectivity index (χ1v) is 8.77. The Hall–Kier alpha value is -4.00. The number of nitrogens with one attached hydrogen (secondary N) is 2. The Morgan fingerprint density at radius 2 is 1.72 bits per heavy atom. The van der Waals surface area contributed by atoms with Crippen molar-refractivity contribution in [3.8, 4) is 5.75 Å². The van der Waals surface area contributed by atoms with Crippen LogP contribution >= 0.6 is 0 Å². The first-order chi connectivity index (χ1) is 14.1. The predicted octanol–water partition coefficient (Wildman–Crippen LogP) is 3.61. The molecular weight excluding hydrogens is 373 g/mol. The van der Waals surface area contributed by atoms with Crippen LogP contribution in [0.4, 0.5) is 10.1 Å². The summed E-state index contributed by atoms with van der Waals surface area (Å²) in [7, 11) is 0. The van der Waals surface area contributed by atoms with Gasteiger partial charge in [-0.2, -0.15) is 5.10 Å². The van der Waals surface area contributed by atoms with E-state index >= 15 is 0 Å². The highest BCUT2D eigenvalue weighted by Crippen LogP contribution is 2.14. The Bertz CT molecular complexity index is 1020. The van der Waals surface area contributed by atoms with E-state index in [4.69, 9.17) is 4.74 Å². The molecule has 0 aromatic heterocycles. The third kappa shape index (κ3) is 6.00. The number of carbonyl (C=O) groups is 2. The minimum absolute atomic E-state index is 0.0936. The molecule has 0 atom stereocenters. The molecule has 0 fully saturated rings. The van der Waals surface area contributed by atoms with Crippen LogP contribution in [0.15, 0.2) is 84.0 Å². The number of amides is 2. The number of hydrogen-bond donors (Lipinski definition) is 2. The van der Waals surface area contributed by atoms with Crippen LogP contribution in [0.3, 0.4) is 0 Å². The molecule has 0 aliphatic heterocycles. The average molecular weight is 391 g/mol. The van der Waals surface area contributed by atoms with Gasteiger partial charge in [-0.1, -0.05) is 42.5 Å². The van der Waals surface area contributed by atoms with Crippen LogP contribution < -0.4 is 15.5 Å². The van der Waals surface area contributed by atoms with E-state index in [0.717, 1.165) is 0 Å². The fourth-order valence-corrected chi connectivity index (χ4v) is 2.40. The fourth-order valence-electron chi connectivity index (χ4n) is 2.40. The van der Waals surface area contributed by atoms with Gasteiger partial charge in [0.15, 0.2) is 6.61 Å². The zero-order chi connectivity index (χ0) is 20.5. The van der Waals surface area contributed by atoms with E-state index in [9.17, 15) is 14.0 Å². The minimum atomic E-state index is -0.517. The largest absolute Gasteiger partial charge is 0.484 e. The first-order valence-electron chi connectivity index (χ1n) is 8.77. The quantitative estimate of drug-likeness (QED) is 0.477. The molecule has 0 heterocycles. The summed E-state index contributed by atoms with van der Waals surface area (Å²) in [5.41, 5.74) is 3.71. The molecule has 2 amide bonds. The second-order valence-electron chi connectivity index (χ2n) is 5.95. The van der Waals surface area contributed by atoms with E-state index in [1.807, 2.05) is 6.07 Å². The van der Waals surface area contributed by atoms with Crippen LogP contribution in [-0.2, 0) is 4.79 Å². The van der Waals surface area contributed by atoms with Gasteiger partial charge in [0.25, 0.3) is 11.8 Å². The van der Waals surface area contributed by atoms with Gasteiger partial charge < -0.3 is 10.1 Å². The van der Waals surface area contributed by atoms with E-state index in [1.54, 1.807) is 54.6 Å². The van der Waals surface area contributed by atoms with Crippen LogP contribution in [0.25, 0.3) is 0 Å². The molecule has 0 bridgehead atoms. The molecule has 29 heavy (non-hydrogen) atoms. The normalized spacial score (nSPS) is 10.5. The first kappa shape index (κ1) is 19.8. The highest BCUT2D eigenvalue weighted by Gasteiger charge is 2.07. The molecule has 0 saturated carbocycles. The monoisotopic (exact) mass is 391 g/mol. The van der Waals surface area contributed by atoms with Crippen LogP contribution in [0.1, 0.15) is 15.9 Å². The topological polar surface area (TPSA) is 79.8 Å². The number of benzene rings is 3. The number of anilines is 1. The summed E-state index contributed by atoms with van der Waals surface area (Å²) in [6, 6.07) is 21.4. The molecule has 0 spiro atoms. The van der Waals surface area contributed by atoms with Crippen molar-refractivity contribution < 1.29 is 18.7 Å². The molecule has 146 valence electrons. The van der Waals surface area contributed by atoms with E-state index in [-0.39, 0.29) is 18.2 Å². The highest BCUT2D eigenvalue weighted by atomic mass is 19.1. The Kier molecular flexibility index (Phi) is 6.67. The number of ether oxygens (including phenoxy) is 1. The van der Waals surface area contributed by atoms with Gasteiger partial charge in [0.2, 0.25) is 0 Å². The van der Waals surface area contributed by atoms with Gasteiger partial charge in [0, 0.05) is 5.56 Å². The Labute approximate surface area is 167 Å². The maximum atomic E-state index is 13.5. The van der Waals surface area contributed by atoms with Gasteiger partial charge in [-0.05, 0) is 42.0 Å². The molecule has 0 unspecified atom stereocenters. The molecule has 0 aliphatic rings. The number of carbonyl (C=O) groups excluding carboxylic acids is 2. The minimum Gasteiger partial charge on any atom is -0.484 e. The summed E-state index contributed by atoms with van der Waals surface area (Å²) in [5.74, 6) is -0.882. The summed E-state index contributed by atoms with van der Waals surface area (Å²) in [6.45, 7) is -0.278. The van der Waals surface area contributed by atoms with Crippen molar-refractivity contribution in [3.63, 3.8) is 0 Å². The summed E-state index contributed by atoms with van der Waals surface area (Å²) in [6.07, 6.45) is 1.47. The van der Waals surface area contributed by atoms with Crippen LogP contribution in [0, 0.1) is 5.82 Å². The van der Waals surface area contributed by atoms with Crippen LogP contribution in [0.5, 0.6) is 5.75 Å². The SMILES string of the molecule is O=C(COc1cccc(/C=N/NC(=O)c2ccccc2)c1)Nc1ccccc1F. The highest BCUT2D eigenvalue weighted by molar-refractivity contribution is 5.95. The number of para-hydroxylation sites is 1. The lowest BCUT2D eigenvalue weighted by Gasteiger charge is -2.08. The summed E-state index contributed by atoms with van der Waals surface area (Å²) >= 11 is 0.